The van der Waals surface area contributed by atoms with Crippen molar-refractivity contribution in [3.63, 3.8) is 0 Å². The number of primary amides is 1. The van der Waals surface area contributed by atoms with Crippen molar-refractivity contribution in [2.75, 3.05) is 13.7 Å². The Bertz CT molecular complexity index is 1120. The van der Waals surface area contributed by atoms with Gasteiger partial charge in [-0.05, 0) is 30.2 Å². The number of nitrogens with one attached hydrogen (secondary N) is 1. The molecule has 31 heavy (non-hydrogen) atoms. The van der Waals surface area contributed by atoms with Crippen LogP contribution in [0.1, 0.15) is 29.3 Å². The molecule has 162 valence electrons. The van der Waals surface area contributed by atoms with Crippen LogP contribution in [-0.4, -0.2) is 41.0 Å². The number of aryl methyl sites for hydroxylation is 1. The average molecular weight is 422 g/mol. The van der Waals surface area contributed by atoms with E-state index in [1.807, 2.05) is 48.9 Å². The molecule has 0 radical (unpaired) electrons. The second kappa shape index (κ2) is 9.42. The van der Waals surface area contributed by atoms with Gasteiger partial charge in [0, 0.05) is 30.6 Å². The van der Waals surface area contributed by atoms with Crippen LogP contribution in [0, 0.1) is 5.92 Å². The van der Waals surface area contributed by atoms with Gasteiger partial charge in [-0.1, -0.05) is 31.2 Å². The lowest BCUT2D eigenvalue weighted by Crippen LogP contribution is -2.26. The maximum atomic E-state index is 12.4. The highest BCUT2D eigenvalue weighted by molar-refractivity contribution is 5.98. The number of nitrogens with zero attached hydrogens (tertiary/aromatic N) is 2. The summed E-state index contributed by atoms with van der Waals surface area (Å²) in [5, 5.41) is 2.70. The van der Waals surface area contributed by atoms with Crippen molar-refractivity contribution < 1.29 is 19.1 Å². The van der Waals surface area contributed by atoms with Gasteiger partial charge in [0.1, 0.15) is 5.82 Å². The standard InChI is InChI=1S/C23H26N4O4/c1-14(21(24)29)12-15-4-6-16(7-5-15)22-26-18-13-17(8-9-19(18)27(22)2)23(30)25-11-10-20(28)31-3/h4-9,13-14H,10-12H2,1-3H3,(H2,24,29)(H,25,30). The minimum absolute atomic E-state index is 0.117. The van der Waals surface area contributed by atoms with Crippen molar-refractivity contribution >= 4 is 28.8 Å². The van der Waals surface area contributed by atoms with Crippen LogP contribution in [0.5, 0.6) is 0 Å². The molecule has 0 saturated heterocycles. The first-order chi connectivity index (χ1) is 14.8. The zero-order valence-electron chi connectivity index (χ0n) is 17.8. The lowest BCUT2D eigenvalue weighted by atomic mass is 9.99. The van der Waals surface area contributed by atoms with Crippen LogP contribution >= 0.6 is 0 Å². The second-order valence-electron chi connectivity index (χ2n) is 7.48. The Labute approximate surface area is 180 Å². The minimum Gasteiger partial charge on any atom is -0.469 e. The molecule has 0 bridgehead atoms. The summed E-state index contributed by atoms with van der Waals surface area (Å²) < 4.78 is 6.53. The third kappa shape index (κ3) is 5.09. The molecule has 0 aliphatic heterocycles. The first-order valence-electron chi connectivity index (χ1n) is 10.00. The Morgan fingerprint density at radius 2 is 1.87 bits per heavy atom. The van der Waals surface area contributed by atoms with E-state index in [-0.39, 0.29) is 36.7 Å². The number of hydrogen-bond acceptors (Lipinski definition) is 5. The number of aromatic nitrogens is 2. The van der Waals surface area contributed by atoms with Crippen LogP contribution in [0.3, 0.4) is 0 Å². The molecule has 1 unspecified atom stereocenters. The molecule has 2 aromatic carbocycles. The van der Waals surface area contributed by atoms with Crippen molar-refractivity contribution in [1.82, 2.24) is 14.9 Å². The van der Waals surface area contributed by atoms with Crippen molar-refractivity contribution in [3.05, 3.63) is 53.6 Å². The summed E-state index contributed by atoms with van der Waals surface area (Å²) in [6, 6.07) is 13.2. The molecular formula is C23H26N4O4. The number of amides is 2. The van der Waals surface area contributed by atoms with Gasteiger partial charge >= 0.3 is 5.97 Å². The smallest absolute Gasteiger partial charge is 0.307 e. The molecule has 3 rings (SSSR count). The fourth-order valence-corrected chi connectivity index (χ4v) is 3.33. The lowest BCUT2D eigenvalue weighted by molar-refractivity contribution is -0.140. The van der Waals surface area contributed by atoms with Crippen molar-refractivity contribution in [2.24, 2.45) is 18.7 Å². The monoisotopic (exact) mass is 422 g/mol. The molecule has 1 atom stereocenters. The minimum atomic E-state index is -0.375. The Kier molecular flexibility index (Phi) is 6.69. The predicted octanol–water partition coefficient (Wildman–Crippen LogP) is 2.20. The molecule has 0 aliphatic carbocycles. The number of imidazole rings is 1. The van der Waals surface area contributed by atoms with Crippen LogP contribution in [-0.2, 0) is 27.8 Å². The number of methoxy groups -OCH3 is 1. The molecule has 0 spiro atoms. The number of carbonyl (C=O) groups excluding carboxylic acids is 3. The van der Waals surface area contributed by atoms with Crippen molar-refractivity contribution in [2.45, 2.75) is 19.8 Å². The molecule has 8 heteroatoms. The van der Waals surface area contributed by atoms with Gasteiger partial charge in [-0.3, -0.25) is 14.4 Å². The number of carbonyl (C=O) groups is 3. The fourth-order valence-electron chi connectivity index (χ4n) is 3.33. The average Bonchev–Trinajstić information content (AvgIpc) is 3.09. The first-order valence-corrected chi connectivity index (χ1v) is 10.00. The molecule has 8 nitrogen and oxygen atoms in total. The SMILES string of the molecule is COC(=O)CCNC(=O)c1ccc2c(c1)nc(-c1ccc(CC(C)C(N)=O)cc1)n2C. The van der Waals surface area contributed by atoms with E-state index in [4.69, 9.17) is 10.7 Å². The van der Waals surface area contributed by atoms with Crippen LogP contribution in [0.4, 0.5) is 0 Å². The zero-order chi connectivity index (χ0) is 22.5. The van der Waals surface area contributed by atoms with E-state index >= 15 is 0 Å². The molecule has 0 saturated carbocycles. The molecule has 0 aliphatic rings. The van der Waals surface area contributed by atoms with E-state index < -0.39 is 0 Å². The molecular weight excluding hydrogens is 396 g/mol. The fraction of sp³-hybridized carbons (Fsp3) is 0.304. The molecule has 1 aromatic heterocycles. The van der Waals surface area contributed by atoms with E-state index in [1.54, 1.807) is 12.1 Å². The predicted molar refractivity (Wildman–Crippen MR) is 117 cm³/mol. The zero-order valence-corrected chi connectivity index (χ0v) is 17.8. The second-order valence-corrected chi connectivity index (χ2v) is 7.48. The summed E-state index contributed by atoms with van der Waals surface area (Å²) in [7, 11) is 3.23. The van der Waals surface area contributed by atoms with Crippen LogP contribution < -0.4 is 11.1 Å². The lowest BCUT2D eigenvalue weighted by Gasteiger charge is -2.08. The molecule has 3 aromatic rings. The summed E-state index contributed by atoms with van der Waals surface area (Å²) in [5.74, 6) is -0.415. The number of esters is 1. The van der Waals surface area contributed by atoms with Gasteiger partial charge in [0.25, 0.3) is 5.91 Å². The number of ether oxygens (including phenoxy) is 1. The van der Waals surface area contributed by atoms with E-state index in [0.717, 1.165) is 22.5 Å². The molecule has 1 heterocycles. The van der Waals surface area contributed by atoms with Crippen molar-refractivity contribution in [3.8, 4) is 11.4 Å². The number of nitrogens with two attached hydrogens (primary N) is 1. The van der Waals surface area contributed by atoms with Gasteiger partial charge in [-0.25, -0.2) is 4.98 Å². The summed E-state index contributed by atoms with van der Waals surface area (Å²) in [6.07, 6.45) is 0.707. The number of rotatable bonds is 8. The van der Waals surface area contributed by atoms with E-state index in [2.05, 4.69) is 10.1 Å². The highest BCUT2D eigenvalue weighted by atomic mass is 16.5. The van der Waals surface area contributed by atoms with Gasteiger partial charge < -0.3 is 20.4 Å². The number of benzene rings is 2. The molecule has 2 amide bonds. The van der Waals surface area contributed by atoms with Crippen LogP contribution in [0.15, 0.2) is 42.5 Å². The Hall–Kier alpha value is -3.68. The maximum absolute atomic E-state index is 12.4. The Morgan fingerprint density at radius 1 is 1.16 bits per heavy atom. The summed E-state index contributed by atoms with van der Waals surface area (Å²) in [4.78, 5) is 39.5. The van der Waals surface area contributed by atoms with Crippen LogP contribution in [0.2, 0.25) is 0 Å². The quantitative estimate of drug-likeness (QED) is 0.540. The molecule has 3 N–H and O–H groups in total. The molecule has 0 fully saturated rings. The van der Waals surface area contributed by atoms with Gasteiger partial charge in [0.2, 0.25) is 5.91 Å². The summed E-state index contributed by atoms with van der Waals surface area (Å²) in [6.45, 7) is 2.02. The number of fused-ring (bicyclic) bond motifs is 1. The van der Waals surface area contributed by atoms with Crippen LogP contribution in [0.25, 0.3) is 22.4 Å². The van der Waals surface area contributed by atoms with E-state index in [1.165, 1.54) is 7.11 Å². The third-order valence-electron chi connectivity index (χ3n) is 5.23. The highest BCUT2D eigenvalue weighted by Gasteiger charge is 2.14. The first kappa shape index (κ1) is 22.0. The van der Waals surface area contributed by atoms with Gasteiger partial charge in [0.15, 0.2) is 0 Å². The number of hydrogen-bond donors (Lipinski definition) is 2. The third-order valence-corrected chi connectivity index (χ3v) is 5.23. The van der Waals surface area contributed by atoms with Gasteiger partial charge in [-0.15, -0.1) is 0 Å². The largest absolute Gasteiger partial charge is 0.469 e. The Balaban J connectivity index is 1.78. The topological polar surface area (TPSA) is 116 Å². The normalized spacial score (nSPS) is 11.8. The Morgan fingerprint density at radius 3 is 2.52 bits per heavy atom. The highest BCUT2D eigenvalue weighted by Crippen LogP contribution is 2.25. The van der Waals surface area contributed by atoms with Crippen molar-refractivity contribution in [1.29, 1.82) is 0 Å². The van der Waals surface area contributed by atoms with E-state index in [9.17, 15) is 14.4 Å². The maximum Gasteiger partial charge on any atom is 0.307 e. The summed E-state index contributed by atoms with van der Waals surface area (Å²) >= 11 is 0. The summed E-state index contributed by atoms with van der Waals surface area (Å²) in [5.41, 5.74) is 9.37. The van der Waals surface area contributed by atoms with E-state index in [0.29, 0.717) is 17.5 Å². The van der Waals surface area contributed by atoms with Gasteiger partial charge in [0.05, 0.1) is 24.6 Å². The van der Waals surface area contributed by atoms with Gasteiger partial charge in [-0.2, -0.15) is 0 Å².